The van der Waals surface area contributed by atoms with Crippen LogP contribution in [0.3, 0.4) is 0 Å². The third kappa shape index (κ3) is 2.56. The average Bonchev–Trinajstić information content (AvgIpc) is 2.86. The van der Waals surface area contributed by atoms with E-state index in [1.165, 1.54) is 5.69 Å². The molecular formula is C16H21N3O. The van der Waals surface area contributed by atoms with E-state index >= 15 is 0 Å². The van der Waals surface area contributed by atoms with Gasteiger partial charge in [-0.05, 0) is 25.5 Å². The van der Waals surface area contributed by atoms with E-state index in [1.54, 1.807) is 0 Å². The summed E-state index contributed by atoms with van der Waals surface area (Å²) in [7, 11) is 0. The second kappa shape index (κ2) is 5.67. The van der Waals surface area contributed by atoms with Crippen LogP contribution in [0.1, 0.15) is 31.9 Å². The molecule has 0 spiro atoms. The fraction of sp³-hybridized carbons (Fsp3) is 0.438. The Morgan fingerprint density at radius 3 is 3.00 bits per heavy atom. The lowest BCUT2D eigenvalue weighted by atomic mass is 10.00. The van der Waals surface area contributed by atoms with Crippen LogP contribution in [0.15, 0.2) is 36.8 Å². The summed E-state index contributed by atoms with van der Waals surface area (Å²) >= 11 is 0. The van der Waals surface area contributed by atoms with Crippen LogP contribution in [0.5, 0.6) is 5.75 Å². The fourth-order valence-electron chi connectivity index (χ4n) is 2.34. The van der Waals surface area contributed by atoms with Crippen molar-refractivity contribution in [2.45, 2.75) is 32.3 Å². The summed E-state index contributed by atoms with van der Waals surface area (Å²) in [6.07, 6.45) is 5.10. The van der Waals surface area contributed by atoms with E-state index in [0.29, 0.717) is 5.92 Å². The molecule has 2 aromatic rings. The van der Waals surface area contributed by atoms with Crippen molar-refractivity contribution in [2.24, 2.45) is 0 Å². The lowest BCUT2D eigenvalue weighted by Crippen LogP contribution is -2.40. The maximum Gasteiger partial charge on any atom is 0.121 e. The first-order valence-corrected chi connectivity index (χ1v) is 7.28. The Kier molecular flexibility index (Phi) is 3.74. The van der Waals surface area contributed by atoms with Gasteiger partial charge in [-0.2, -0.15) is 0 Å². The number of benzene rings is 1. The molecule has 0 saturated carbocycles. The van der Waals surface area contributed by atoms with Crippen LogP contribution in [0.4, 0.5) is 0 Å². The van der Waals surface area contributed by atoms with Crippen LogP contribution >= 0.6 is 0 Å². The highest BCUT2D eigenvalue weighted by Gasteiger charge is 2.22. The molecule has 1 fully saturated rings. The summed E-state index contributed by atoms with van der Waals surface area (Å²) < 4.78 is 8.06. The number of rotatable bonds is 5. The molecule has 0 amide bonds. The zero-order valence-electron chi connectivity index (χ0n) is 12.0. The molecule has 0 bridgehead atoms. The molecule has 1 aromatic carbocycles. The van der Waals surface area contributed by atoms with Gasteiger partial charge in [0.05, 0.1) is 18.1 Å². The van der Waals surface area contributed by atoms with Crippen molar-refractivity contribution in [3.63, 3.8) is 0 Å². The zero-order chi connectivity index (χ0) is 13.9. The molecule has 1 aliphatic heterocycles. The molecule has 3 rings (SSSR count). The van der Waals surface area contributed by atoms with Gasteiger partial charge in [0.2, 0.25) is 0 Å². The predicted octanol–water partition coefficient (Wildman–Crippen LogP) is 2.74. The molecule has 1 N–H and O–H groups in total. The lowest BCUT2D eigenvalue weighted by molar-refractivity contribution is 0.217. The predicted molar refractivity (Wildman–Crippen MR) is 79.6 cm³/mol. The minimum absolute atomic E-state index is 0.239. The molecule has 2 heterocycles. The molecular weight excluding hydrogens is 250 g/mol. The van der Waals surface area contributed by atoms with Gasteiger partial charge in [0.1, 0.15) is 5.75 Å². The van der Waals surface area contributed by atoms with Crippen LogP contribution in [0.25, 0.3) is 5.69 Å². The van der Waals surface area contributed by atoms with Crippen molar-refractivity contribution >= 4 is 0 Å². The molecule has 106 valence electrons. The van der Waals surface area contributed by atoms with Gasteiger partial charge < -0.3 is 14.6 Å². The van der Waals surface area contributed by atoms with Gasteiger partial charge in [0.25, 0.3) is 0 Å². The molecule has 1 aromatic heterocycles. The van der Waals surface area contributed by atoms with Crippen LogP contribution in [-0.4, -0.2) is 28.7 Å². The first-order chi connectivity index (χ1) is 9.78. The second-order valence-corrected chi connectivity index (χ2v) is 5.38. The van der Waals surface area contributed by atoms with Crippen LogP contribution in [0, 0.1) is 0 Å². The third-order valence-corrected chi connectivity index (χ3v) is 3.87. The quantitative estimate of drug-likeness (QED) is 0.909. The summed E-state index contributed by atoms with van der Waals surface area (Å²) in [5, 5.41) is 3.31. The number of nitrogens with zero attached hydrogens (tertiary/aromatic N) is 2. The van der Waals surface area contributed by atoms with Gasteiger partial charge in [-0.25, -0.2) is 4.98 Å². The third-order valence-electron chi connectivity index (χ3n) is 3.87. The van der Waals surface area contributed by atoms with Gasteiger partial charge >= 0.3 is 0 Å². The van der Waals surface area contributed by atoms with Crippen molar-refractivity contribution in [2.75, 3.05) is 13.1 Å². The highest BCUT2D eigenvalue weighted by molar-refractivity contribution is 5.41. The summed E-state index contributed by atoms with van der Waals surface area (Å²) in [5.74, 6) is 1.49. The first kappa shape index (κ1) is 13.2. The van der Waals surface area contributed by atoms with E-state index in [9.17, 15) is 0 Å². The Morgan fingerprint density at radius 2 is 2.30 bits per heavy atom. The number of hydrogen-bond donors (Lipinski definition) is 1. The first-order valence-electron chi connectivity index (χ1n) is 7.28. The molecule has 1 saturated heterocycles. The Balaban J connectivity index is 1.86. The summed E-state index contributed by atoms with van der Waals surface area (Å²) in [4.78, 5) is 4.30. The molecule has 1 unspecified atom stereocenters. The summed E-state index contributed by atoms with van der Waals surface area (Å²) in [6, 6.07) is 8.23. The Bertz CT molecular complexity index is 575. The standard InChI is InChI=1S/C16H21N3O/c1-3-12(2)20-15-6-4-5-14(7-15)19-11-18-10-16(19)13-8-17-9-13/h4-7,10-13,17H,3,8-9H2,1-2H3. The maximum absolute atomic E-state index is 5.90. The number of aromatic nitrogens is 2. The molecule has 1 aliphatic rings. The highest BCUT2D eigenvalue weighted by atomic mass is 16.5. The van der Waals surface area contributed by atoms with Crippen molar-refractivity contribution < 1.29 is 4.74 Å². The van der Waals surface area contributed by atoms with E-state index < -0.39 is 0 Å². The van der Waals surface area contributed by atoms with Crippen LogP contribution < -0.4 is 10.1 Å². The minimum Gasteiger partial charge on any atom is -0.491 e. The Morgan fingerprint density at radius 1 is 1.45 bits per heavy atom. The fourth-order valence-corrected chi connectivity index (χ4v) is 2.34. The van der Waals surface area contributed by atoms with Crippen molar-refractivity contribution in [3.05, 3.63) is 42.5 Å². The maximum atomic E-state index is 5.90. The van der Waals surface area contributed by atoms with Gasteiger partial charge in [0.15, 0.2) is 0 Å². The largest absolute Gasteiger partial charge is 0.491 e. The van der Waals surface area contributed by atoms with Gasteiger partial charge in [-0.3, -0.25) is 0 Å². The molecule has 0 radical (unpaired) electrons. The monoisotopic (exact) mass is 271 g/mol. The van der Waals surface area contributed by atoms with Crippen molar-refractivity contribution in [1.82, 2.24) is 14.9 Å². The number of hydrogen-bond acceptors (Lipinski definition) is 3. The van der Waals surface area contributed by atoms with Crippen LogP contribution in [-0.2, 0) is 0 Å². The van der Waals surface area contributed by atoms with Gasteiger partial charge in [-0.15, -0.1) is 0 Å². The highest BCUT2D eigenvalue weighted by Crippen LogP contribution is 2.25. The van der Waals surface area contributed by atoms with E-state index in [4.69, 9.17) is 4.74 Å². The van der Waals surface area contributed by atoms with E-state index in [-0.39, 0.29) is 6.10 Å². The average molecular weight is 271 g/mol. The number of imidazole rings is 1. The van der Waals surface area contributed by atoms with Gasteiger partial charge in [0, 0.05) is 37.0 Å². The normalized spacial score (nSPS) is 16.7. The molecule has 1 atom stereocenters. The smallest absolute Gasteiger partial charge is 0.121 e. The molecule has 0 aliphatic carbocycles. The Labute approximate surface area is 119 Å². The summed E-state index contributed by atoms with van der Waals surface area (Å²) in [6.45, 7) is 6.30. The van der Waals surface area contributed by atoms with Crippen molar-refractivity contribution in [1.29, 1.82) is 0 Å². The van der Waals surface area contributed by atoms with E-state index in [2.05, 4.69) is 40.8 Å². The molecule has 20 heavy (non-hydrogen) atoms. The zero-order valence-corrected chi connectivity index (χ0v) is 12.0. The van der Waals surface area contributed by atoms with Gasteiger partial charge in [-0.1, -0.05) is 13.0 Å². The topological polar surface area (TPSA) is 39.1 Å². The number of nitrogens with one attached hydrogen (secondary N) is 1. The minimum atomic E-state index is 0.239. The van der Waals surface area contributed by atoms with Crippen LogP contribution in [0.2, 0.25) is 0 Å². The SMILES string of the molecule is CCC(C)Oc1cccc(-n2cncc2C2CNC2)c1. The number of ether oxygens (including phenoxy) is 1. The van der Waals surface area contributed by atoms with Crippen molar-refractivity contribution in [3.8, 4) is 11.4 Å². The van der Waals surface area contributed by atoms with E-state index in [0.717, 1.165) is 30.9 Å². The molecule has 4 heteroatoms. The molecule has 4 nitrogen and oxygen atoms in total. The lowest BCUT2D eigenvalue weighted by Gasteiger charge is -2.28. The van der Waals surface area contributed by atoms with E-state index in [1.807, 2.05) is 24.7 Å². The Hall–Kier alpha value is -1.81. The summed E-state index contributed by atoms with van der Waals surface area (Å²) in [5.41, 5.74) is 2.38. The second-order valence-electron chi connectivity index (χ2n) is 5.38.